The highest BCUT2D eigenvalue weighted by molar-refractivity contribution is 9.11. The van der Waals surface area contributed by atoms with Crippen LogP contribution in [0.1, 0.15) is 18.5 Å². The summed E-state index contributed by atoms with van der Waals surface area (Å²) in [6.45, 7) is 2.31. The fourth-order valence-electron chi connectivity index (χ4n) is 1.38. The summed E-state index contributed by atoms with van der Waals surface area (Å²) in [5.41, 5.74) is 1.07. The van der Waals surface area contributed by atoms with Gasteiger partial charge in [-0.3, -0.25) is 0 Å². The minimum atomic E-state index is -3.40. The van der Waals surface area contributed by atoms with Crippen LogP contribution < -0.4 is 10.5 Å². The van der Waals surface area contributed by atoms with Crippen LogP contribution in [-0.2, 0) is 10.0 Å². The molecule has 3 N–H and O–H groups in total. The fourth-order valence-corrected chi connectivity index (χ4v) is 3.17. The van der Waals surface area contributed by atoms with Gasteiger partial charge in [-0.15, -0.1) is 0 Å². The molecule has 17 heavy (non-hydrogen) atoms. The molecule has 0 radical (unpaired) electrons. The van der Waals surface area contributed by atoms with E-state index < -0.39 is 10.0 Å². The third-order valence-electron chi connectivity index (χ3n) is 2.27. The molecule has 4 nitrogen and oxygen atoms in total. The Bertz CT molecular complexity index is 491. The van der Waals surface area contributed by atoms with Crippen molar-refractivity contribution >= 4 is 41.9 Å². The average Bonchev–Trinajstić information content (AvgIpc) is 2.15. The van der Waals surface area contributed by atoms with Crippen LogP contribution in [0.2, 0.25) is 0 Å². The summed E-state index contributed by atoms with van der Waals surface area (Å²) < 4.78 is 23.5. The number of nitrogens with two attached hydrogens (primary N) is 1. The van der Waals surface area contributed by atoms with Crippen molar-refractivity contribution in [3.63, 3.8) is 0 Å². The van der Waals surface area contributed by atoms with Gasteiger partial charge < -0.3 is 5.32 Å². The molecule has 0 aromatic heterocycles. The molecule has 0 fully saturated rings. The van der Waals surface area contributed by atoms with Crippen LogP contribution in [-0.4, -0.2) is 20.7 Å². The van der Waals surface area contributed by atoms with E-state index in [0.29, 0.717) is 6.54 Å². The van der Waals surface area contributed by atoms with E-state index in [-0.39, 0.29) is 11.8 Å². The average molecular weight is 386 g/mol. The van der Waals surface area contributed by atoms with E-state index >= 15 is 0 Å². The Morgan fingerprint density at radius 1 is 1.41 bits per heavy atom. The largest absolute Gasteiger partial charge is 0.309 e. The number of hydrogen-bond donors (Lipinski definition) is 2. The third kappa shape index (κ3) is 5.48. The first-order valence-electron chi connectivity index (χ1n) is 4.98. The standard InChI is InChI=1S/C10H14Br2N2O2S/c1-7(14-4-5-17(13,15)16)9-3-2-8(11)6-10(9)12/h2-3,6-7,14H,4-5H2,1H3,(H2,13,15,16). The summed E-state index contributed by atoms with van der Waals surface area (Å²) >= 11 is 6.84. The van der Waals surface area contributed by atoms with Crippen molar-refractivity contribution in [3.05, 3.63) is 32.7 Å². The SMILES string of the molecule is CC(NCCS(N)(=O)=O)c1ccc(Br)cc1Br. The second-order valence-corrected chi connectivity index (χ2v) is 7.21. The van der Waals surface area contributed by atoms with Gasteiger partial charge >= 0.3 is 0 Å². The van der Waals surface area contributed by atoms with Gasteiger partial charge in [0.05, 0.1) is 5.75 Å². The maximum atomic E-state index is 10.8. The van der Waals surface area contributed by atoms with E-state index in [0.717, 1.165) is 14.5 Å². The van der Waals surface area contributed by atoms with Crippen molar-refractivity contribution in [2.45, 2.75) is 13.0 Å². The molecule has 1 atom stereocenters. The number of benzene rings is 1. The minimum absolute atomic E-state index is 0.0548. The van der Waals surface area contributed by atoms with Crippen LogP contribution in [0.3, 0.4) is 0 Å². The van der Waals surface area contributed by atoms with Gasteiger partial charge in [0.25, 0.3) is 0 Å². The number of rotatable bonds is 5. The molecule has 1 aromatic rings. The van der Waals surface area contributed by atoms with E-state index in [2.05, 4.69) is 37.2 Å². The Labute approximate surface area is 118 Å². The zero-order valence-corrected chi connectivity index (χ0v) is 13.3. The highest BCUT2D eigenvalue weighted by atomic mass is 79.9. The molecule has 0 aliphatic carbocycles. The highest BCUT2D eigenvalue weighted by Gasteiger charge is 2.10. The van der Waals surface area contributed by atoms with Gasteiger partial charge in [0.2, 0.25) is 10.0 Å². The predicted octanol–water partition coefficient (Wildman–Crippen LogP) is 2.15. The van der Waals surface area contributed by atoms with Gasteiger partial charge in [0, 0.05) is 21.5 Å². The van der Waals surface area contributed by atoms with Crippen molar-refractivity contribution < 1.29 is 8.42 Å². The number of sulfonamides is 1. The molecule has 96 valence electrons. The summed E-state index contributed by atoms with van der Waals surface area (Å²) in [6.07, 6.45) is 0. The van der Waals surface area contributed by atoms with Crippen molar-refractivity contribution in [1.82, 2.24) is 5.32 Å². The van der Waals surface area contributed by atoms with Crippen LogP contribution >= 0.6 is 31.9 Å². The zero-order valence-electron chi connectivity index (χ0n) is 9.28. The van der Waals surface area contributed by atoms with Gasteiger partial charge in [0.15, 0.2) is 0 Å². The molecule has 0 bridgehead atoms. The lowest BCUT2D eigenvalue weighted by atomic mass is 10.1. The molecule has 0 aliphatic heterocycles. The van der Waals surface area contributed by atoms with Crippen molar-refractivity contribution in [1.29, 1.82) is 0 Å². The smallest absolute Gasteiger partial charge is 0.210 e. The Hall–Kier alpha value is 0.0500. The molecule has 0 saturated carbocycles. The van der Waals surface area contributed by atoms with Crippen LogP contribution in [0, 0.1) is 0 Å². The van der Waals surface area contributed by atoms with E-state index in [4.69, 9.17) is 5.14 Å². The molecule has 1 aromatic carbocycles. The second-order valence-electron chi connectivity index (χ2n) is 3.71. The number of hydrogen-bond acceptors (Lipinski definition) is 3. The maximum Gasteiger partial charge on any atom is 0.210 e. The van der Waals surface area contributed by atoms with E-state index in [1.165, 1.54) is 0 Å². The summed E-state index contributed by atoms with van der Waals surface area (Å²) in [7, 11) is -3.40. The second kappa shape index (κ2) is 6.29. The van der Waals surface area contributed by atoms with Gasteiger partial charge in [0.1, 0.15) is 0 Å². The minimum Gasteiger partial charge on any atom is -0.309 e. The van der Waals surface area contributed by atoms with Gasteiger partial charge in [-0.1, -0.05) is 37.9 Å². The van der Waals surface area contributed by atoms with Crippen LogP contribution in [0.25, 0.3) is 0 Å². The molecular weight excluding hydrogens is 372 g/mol. The summed E-state index contributed by atoms with van der Waals surface area (Å²) in [5.74, 6) is -0.0640. The molecule has 0 heterocycles. The first-order valence-corrected chi connectivity index (χ1v) is 8.28. The number of halogens is 2. The Morgan fingerprint density at radius 2 is 2.06 bits per heavy atom. The van der Waals surface area contributed by atoms with Gasteiger partial charge in [-0.2, -0.15) is 0 Å². The Morgan fingerprint density at radius 3 is 2.59 bits per heavy atom. The Balaban J connectivity index is 2.61. The lowest BCUT2D eigenvalue weighted by Crippen LogP contribution is -2.29. The fraction of sp³-hybridized carbons (Fsp3) is 0.400. The van der Waals surface area contributed by atoms with Crippen LogP contribution in [0.15, 0.2) is 27.1 Å². The number of primary sulfonamides is 1. The summed E-state index contributed by atoms with van der Waals surface area (Å²) in [4.78, 5) is 0. The van der Waals surface area contributed by atoms with Gasteiger partial charge in [-0.25, -0.2) is 13.6 Å². The van der Waals surface area contributed by atoms with Crippen LogP contribution in [0.4, 0.5) is 0 Å². The zero-order chi connectivity index (χ0) is 13.1. The van der Waals surface area contributed by atoms with E-state index in [1.54, 1.807) is 0 Å². The van der Waals surface area contributed by atoms with Gasteiger partial charge in [-0.05, 0) is 24.6 Å². The molecular formula is C10H14Br2N2O2S. The van der Waals surface area contributed by atoms with Crippen LogP contribution in [0.5, 0.6) is 0 Å². The molecule has 1 rings (SSSR count). The molecule has 0 aliphatic rings. The molecule has 0 amide bonds. The third-order valence-corrected chi connectivity index (χ3v) is 4.22. The normalized spacial score (nSPS) is 13.6. The van der Waals surface area contributed by atoms with E-state index in [9.17, 15) is 8.42 Å². The topological polar surface area (TPSA) is 72.2 Å². The maximum absolute atomic E-state index is 10.8. The highest BCUT2D eigenvalue weighted by Crippen LogP contribution is 2.26. The Kier molecular flexibility index (Phi) is 5.59. The molecule has 7 heteroatoms. The van der Waals surface area contributed by atoms with Crippen molar-refractivity contribution in [3.8, 4) is 0 Å². The predicted molar refractivity (Wildman–Crippen MR) is 76.2 cm³/mol. The van der Waals surface area contributed by atoms with Crippen molar-refractivity contribution in [2.24, 2.45) is 5.14 Å². The lowest BCUT2D eigenvalue weighted by molar-refractivity contribution is 0.572. The quantitative estimate of drug-likeness (QED) is 0.815. The molecule has 1 unspecified atom stereocenters. The summed E-state index contributed by atoms with van der Waals surface area (Å²) in [6, 6.07) is 5.92. The lowest BCUT2D eigenvalue weighted by Gasteiger charge is -2.15. The van der Waals surface area contributed by atoms with Crippen molar-refractivity contribution in [2.75, 3.05) is 12.3 Å². The first kappa shape index (κ1) is 15.1. The molecule has 0 saturated heterocycles. The first-order chi connectivity index (χ1) is 7.79. The monoisotopic (exact) mass is 384 g/mol. The number of nitrogens with one attached hydrogen (secondary N) is 1. The molecule has 0 spiro atoms. The summed E-state index contributed by atoms with van der Waals surface area (Å²) in [5, 5.41) is 8.04. The van der Waals surface area contributed by atoms with E-state index in [1.807, 2.05) is 25.1 Å².